The highest BCUT2D eigenvalue weighted by atomic mass is 28.4. The van der Waals surface area contributed by atoms with Gasteiger partial charge in [-0.05, 0) is 36.7 Å². The maximum atomic E-state index is 10.8. The molecule has 0 saturated heterocycles. The summed E-state index contributed by atoms with van der Waals surface area (Å²) in [6.07, 6.45) is 2.43. The van der Waals surface area contributed by atoms with Gasteiger partial charge in [-0.3, -0.25) is 0 Å². The van der Waals surface area contributed by atoms with Crippen LogP contribution in [0.5, 0.6) is 0 Å². The second-order valence-corrected chi connectivity index (χ2v) is 12.0. The molecule has 0 spiro atoms. The topological polar surface area (TPSA) is 61.6 Å². The molecule has 23 heavy (non-hydrogen) atoms. The molecule has 2 N–H and O–H groups in total. The minimum atomic E-state index is -1.94. The number of ether oxygens (including phenoxy) is 1. The first kappa shape index (κ1) is 19.5. The van der Waals surface area contributed by atoms with E-state index in [9.17, 15) is 4.79 Å². The summed E-state index contributed by atoms with van der Waals surface area (Å²) in [5, 5.41) is 0.114. The Bertz CT molecular complexity index is 535. The zero-order valence-corrected chi connectivity index (χ0v) is 16.0. The number of nitrogens with two attached hydrogens (primary N) is 1. The maximum Gasteiger partial charge on any atom is 0.405 e. The SMILES string of the molecule is C[C@@H](/C=C/C(O[Si](C)(C)C(C)(C)C)c1ccccc1)OC(N)=O. The predicted octanol–water partition coefficient (Wildman–Crippen LogP) is 4.79. The van der Waals surface area contributed by atoms with Gasteiger partial charge in [-0.25, -0.2) is 4.79 Å². The van der Waals surface area contributed by atoms with Gasteiger partial charge in [0.1, 0.15) is 6.10 Å². The standard InChI is InChI=1S/C18H29NO3Si/c1-14(21-17(19)20)12-13-16(15-10-8-7-9-11-15)22-23(5,6)18(2,3)4/h7-14,16H,1-6H3,(H2,19,20)/b13-12+/t14-,16?/m0/s1. The Hall–Kier alpha value is -1.59. The molecule has 128 valence electrons. The summed E-state index contributed by atoms with van der Waals surface area (Å²) in [6, 6.07) is 10.1. The van der Waals surface area contributed by atoms with Crippen LogP contribution < -0.4 is 5.73 Å². The summed E-state index contributed by atoms with van der Waals surface area (Å²) in [4.78, 5) is 10.8. The molecule has 0 radical (unpaired) electrons. The molecule has 0 aliphatic rings. The molecular weight excluding hydrogens is 306 g/mol. The average molecular weight is 336 g/mol. The van der Waals surface area contributed by atoms with Crippen molar-refractivity contribution >= 4 is 14.4 Å². The first-order valence-corrected chi connectivity index (χ1v) is 10.8. The van der Waals surface area contributed by atoms with Crippen molar-refractivity contribution in [3.63, 3.8) is 0 Å². The Morgan fingerprint density at radius 3 is 2.22 bits per heavy atom. The van der Waals surface area contributed by atoms with Crippen molar-refractivity contribution in [1.82, 2.24) is 0 Å². The highest BCUT2D eigenvalue weighted by molar-refractivity contribution is 6.74. The lowest BCUT2D eigenvalue weighted by molar-refractivity contribution is 0.136. The molecule has 1 aromatic rings. The summed E-state index contributed by atoms with van der Waals surface area (Å²) in [5.74, 6) is 0. The van der Waals surface area contributed by atoms with E-state index in [2.05, 4.69) is 33.9 Å². The van der Waals surface area contributed by atoms with E-state index < -0.39 is 14.4 Å². The van der Waals surface area contributed by atoms with Crippen molar-refractivity contribution in [2.45, 2.75) is 58.0 Å². The Morgan fingerprint density at radius 1 is 1.17 bits per heavy atom. The van der Waals surface area contributed by atoms with Crippen LogP contribution in [0.15, 0.2) is 42.5 Å². The van der Waals surface area contributed by atoms with Crippen LogP contribution in [-0.2, 0) is 9.16 Å². The molecule has 4 nitrogen and oxygen atoms in total. The van der Waals surface area contributed by atoms with E-state index in [0.29, 0.717) is 0 Å². The Morgan fingerprint density at radius 2 is 1.74 bits per heavy atom. The molecule has 2 atom stereocenters. The van der Waals surface area contributed by atoms with E-state index in [1.54, 1.807) is 6.92 Å². The van der Waals surface area contributed by atoms with Gasteiger partial charge < -0.3 is 14.9 Å². The van der Waals surface area contributed by atoms with Crippen LogP contribution >= 0.6 is 0 Å². The maximum absolute atomic E-state index is 10.8. The van der Waals surface area contributed by atoms with E-state index in [4.69, 9.17) is 14.9 Å². The molecule has 0 aliphatic carbocycles. The monoisotopic (exact) mass is 335 g/mol. The van der Waals surface area contributed by atoms with E-state index in [1.807, 2.05) is 42.5 Å². The number of carbonyl (C=O) groups excluding carboxylic acids is 1. The lowest BCUT2D eigenvalue weighted by Crippen LogP contribution is -2.41. The Labute approximate surface area is 140 Å². The third-order valence-electron chi connectivity index (χ3n) is 4.21. The largest absolute Gasteiger partial charge is 0.442 e. The predicted molar refractivity (Wildman–Crippen MR) is 96.7 cm³/mol. The highest BCUT2D eigenvalue weighted by Crippen LogP contribution is 2.40. The molecule has 0 saturated carbocycles. The quantitative estimate of drug-likeness (QED) is 0.600. The van der Waals surface area contributed by atoms with Crippen molar-refractivity contribution < 1.29 is 14.0 Å². The van der Waals surface area contributed by atoms with Crippen LogP contribution in [-0.4, -0.2) is 20.5 Å². The van der Waals surface area contributed by atoms with Crippen molar-refractivity contribution in [1.29, 1.82) is 0 Å². The lowest BCUT2D eigenvalue weighted by atomic mass is 10.1. The van der Waals surface area contributed by atoms with Crippen LogP contribution in [0, 0.1) is 0 Å². The van der Waals surface area contributed by atoms with Crippen molar-refractivity contribution in [2.24, 2.45) is 5.73 Å². The van der Waals surface area contributed by atoms with Gasteiger partial charge in [0.2, 0.25) is 0 Å². The summed E-state index contributed by atoms with van der Waals surface area (Å²) in [6.45, 7) is 12.9. The first-order chi connectivity index (χ1) is 10.5. The third kappa shape index (κ3) is 6.20. The van der Waals surface area contributed by atoms with Gasteiger partial charge in [-0.15, -0.1) is 0 Å². The molecule has 0 aromatic heterocycles. The number of hydrogen-bond acceptors (Lipinski definition) is 3. The van der Waals surface area contributed by atoms with Crippen LogP contribution in [0.3, 0.4) is 0 Å². The summed E-state index contributed by atoms with van der Waals surface area (Å²) >= 11 is 0. The van der Waals surface area contributed by atoms with Crippen LogP contribution in [0.4, 0.5) is 4.79 Å². The van der Waals surface area contributed by atoms with Crippen LogP contribution in [0.1, 0.15) is 39.4 Å². The average Bonchev–Trinajstić information content (AvgIpc) is 2.42. The van der Waals surface area contributed by atoms with E-state index in [1.165, 1.54) is 0 Å². The van der Waals surface area contributed by atoms with Crippen LogP contribution in [0.25, 0.3) is 0 Å². The number of primary amides is 1. The van der Waals surface area contributed by atoms with Crippen molar-refractivity contribution in [2.75, 3.05) is 0 Å². The third-order valence-corrected chi connectivity index (χ3v) is 8.67. The number of benzene rings is 1. The number of carbonyl (C=O) groups is 1. The second-order valence-electron chi connectivity index (χ2n) is 7.24. The van der Waals surface area contributed by atoms with Gasteiger partial charge in [0.15, 0.2) is 8.32 Å². The van der Waals surface area contributed by atoms with E-state index in [-0.39, 0.29) is 17.2 Å². The zero-order chi connectivity index (χ0) is 17.7. The lowest BCUT2D eigenvalue weighted by Gasteiger charge is -2.38. The molecule has 5 heteroatoms. The number of amides is 1. The van der Waals surface area contributed by atoms with Gasteiger partial charge >= 0.3 is 6.09 Å². The van der Waals surface area contributed by atoms with E-state index in [0.717, 1.165) is 5.56 Å². The Balaban J connectivity index is 3.00. The minimum absolute atomic E-state index is 0.114. The summed E-state index contributed by atoms with van der Waals surface area (Å²) < 4.78 is 11.5. The molecule has 0 bridgehead atoms. The first-order valence-electron chi connectivity index (χ1n) is 7.90. The summed E-state index contributed by atoms with van der Waals surface area (Å²) in [5.41, 5.74) is 6.13. The van der Waals surface area contributed by atoms with Gasteiger partial charge in [0, 0.05) is 0 Å². The van der Waals surface area contributed by atoms with Gasteiger partial charge in [0.25, 0.3) is 0 Å². The van der Waals surface area contributed by atoms with Gasteiger partial charge in [0.05, 0.1) is 6.10 Å². The molecule has 0 fully saturated rings. The molecule has 1 rings (SSSR count). The molecule has 0 aliphatic heterocycles. The normalized spacial score (nSPS) is 15.4. The molecule has 1 unspecified atom stereocenters. The van der Waals surface area contributed by atoms with Gasteiger partial charge in [-0.1, -0.05) is 57.2 Å². The van der Waals surface area contributed by atoms with Crippen LogP contribution in [0.2, 0.25) is 18.1 Å². The number of rotatable bonds is 6. The minimum Gasteiger partial charge on any atom is -0.442 e. The summed E-state index contributed by atoms with van der Waals surface area (Å²) in [7, 11) is -1.94. The second kappa shape index (κ2) is 7.79. The smallest absolute Gasteiger partial charge is 0.405 e. The fourth-order valence-corrected chi connectivity index (χ4v) is 3.04. The van der Waals surface area contributed by atoms with Crippen molar-refractivity contribution in [3.05, 3.63) is 48.0 Å². The molecular formula is C18H29NO3Si. The fraction of sp³-hybridized carbons (Fsp3) is 0.500. The molecule has 0 heterocycles. The van der Waals surface area contributed by atoms with E-state index >= 15 is 0 Å². The zero-order valence-electron chi connectivity index (χ0n) is 15.0. The fourth-order valence-electron chi connectivity index (χ4n) is 1.84. The Kier molecular flexibility index (Phi) is 6.59. The van der Waals surface area contributed by atoms with Crippen molar-refractivity contribution in [3.8, 4) is 0 Å². The highest BCUT2D eigenvalue weighted by Gasteiger charge is 2.39. The van der Waals surface area contributed by atoms with Gasteiger partial charge in [-0.2, -0.15) is 0 Å². The number of hydrogen-bond donors (Lipinski definition) is 1. The molecule has 1 aromatic carbocycles. The molecule has 1 amide bonds.